The zero-order valence-electron chi connectivity index (χ0n) is 5.89. The predicted octanol–water partition coefficient (Wildman–Crippen LogP) is -1.07. The van der Waals surface area contributed by atoms with Crippen LogP contribution in [0.15, 0.2) is 0 Å². The molecule has 11 heavy (non-hydrogen) atoms. The summed E-state index contributed by atoms with van der Waals surface area (Å²) in [5.41, 5.74) is 0. The molecule has 4 nitrogen and oxygen atoms in total. The monoisotopic (exact) mass is 171 g/mol. The SMILES string of the molecule is O=C1NC(=S)NC2NCCC12. The van der Waals surface area contributed by atoms with Gasteiger partial charge in [-0.2, -0.15) is 0 Å². The molecular weight excluding hydrogens is 162 g/mol. The van der Waals surface area contributed by atoms with Gasteiger partial charge >= 0.3 is 0 Å². The highest BCUT2D eigenvalue weighted by Gasteiger charge is 2.36. The van der Waals surface area contributed by atoms with Gasteiger partial charge in [-0.05, 0) is 25.2 Å². The van der Waals surface area contributed by atoms with E-state index >= 15 is 0 Å². The number of fused-ring (bicyclic) bond motifs is 1. The molecule has 2 fully saturated rings. The average molecular weight is 171 g/mol. The van der Waals surface area contributed by atoms with Crippen molar-refractivity contribution < 1.29 is 4.79 Å². The summed E-state index contributed by atoms with van der Waals surface area (Å²) in [7, 11) is 0. The van der Waals surface area contributed by atoms with E-state index in [1.807, 2.05) is 0 Å². The summed E-state index contributed by atoms with van der Waals surface area (Å²) in [4.78, 5) is 11.2. The van der Waals surface area contributed by atoms with E-state index in [0.717, 1.165) is 13.0 Å². The standard InChI is InChI=1S/C6H9N3OS/c10-5-3-1-2-7-4(3)8-6(11)9-5/h3-4,7H,1-2H2,(H2,8,9,10,11). The third-order valence-electron chi connectivity index (χ3n) is 2.08. The normalized spacial score (nSPS) is 36.0. The molecular formula is C6H9N3OS. The molecule has 2 unspecified atom stereocenters. The molecule has 0 aromatic rings. The Hall–Kier alpha value is -0.680. The lowest BCUT2D eigenvalue weighted by Gasteiger charge is -2.27. The Labute approximate surface area is 69.7 Å². The molecule has 0 bridgehead atoms. The fourth-order valence-electron chi connectivity index (χ4n) is 1.52. The number of carbonyl (C=O) groups excluding carboxylic acids is 1. The topological polar surface area (TPSA) is 53.2 Å². The first kappa shape index (κ1) is 7.00. The molecule has 0 aromatic heterocycles. The molecule has 2 saturated heterocycles. The first-order valence-corrected chi connectivity index (χ1v) is 4.03. The van der Waals surface area contributed by atoms with E-state index < -0.39 is 0 Å². The van der Waals surface area contributed by atoms with Gasteiger partial charge in [0, 0.05) is 0 Å². The van der Waals surface area contributed by atoms with E-state index in [9.17, 15) is 4.79 Å². The maximum Gasteiger partial charge on any atom is 0.232 e. The number of hydrogen-bond donors (Lipinski definition) is 3. The maximum atomic E-state index is 11.2. The number of rotatable bonds is 0. The summed E-state index contributed by atoms with van der Waals surface area (Å²) >= 11 is 4.82. The molecule has 2 aliphatic heterocycles. The van der Waals surface area contributed by atoms with Crippen molar-refractivity contribution in [3.63, 3.8) is 0 Å². The summed E-state index contributed by atoms with van der Waals surface area (Å²) in [5, 5.41) is 9.18. The number of thiocarbonyl (C=S) groups is 1. The molecule has 2 atom stereocenters. The average Bonchev–Trinajstić information content (AvgIpc) is 2.34. The number of nitrogens with one attached hydrogen (secondary N) is 3. The zero-order chi connectivity index (χ0) is 7.84. The van der Waals surface area contributed by atoms with Crippen molar-refractivity contribution >= 4 is 23.2 Å². The van der Waals surface area contributed by atoms with Crippen LogP contribution in [0.3, 0.4) is 0 Å². The summed E-state index contributed by atoms with van der Waals surface area (Å²) < 4.78 is 0. The molecule has 0 radical (unpaired) electrons. The second-order valence-electron chi connectivity index (χ2n) is 2.79. The summed E-state index contributed by atoms with van der Waals surface area (Å²) in [6, 6.07) is 0. The minimum Gasteiger partial charge on any atom is -0.346 e. The molecule has 0 aromatic carbocycles. The van der Waals surface area contributed by atoms with Crippen molar-refractivity contribution in [1.29, 1.82) is 0 Å². The molecule has 0 saturated carbocycles. The number of amides is 1. The van der Waals surface area contributed by atoms with Crippen molar-refractivity contribution in [2.24, 2.45) is 5.92 Å². The molecule has 2 heterocycles. The molecule has 2 rings (SSSR count). The Bertz CT molecular complexity index is 218. The highest BCUT2D eigenvalue weighted by atomic mass is 32.1. The molecule has 3 N–H and O–H groups in total. The lowest BCUT2D eigenvalue weighted by Crippen LogP contribution is -2.59. The second kappa shape index (κ2) is 2.42. The molecule has 1 amide bonds. The molecule has 60 valence electrons. The van der Waals surface area contributed by atoms with E-state index in [0.29, 0.717) is 5.11 Å². The van der Waals surface area contributed by atoms with Gasteiger partial charge in [0.05, 0.1) is 12.1 Å². The molecule has 5 heteroatoms. The zero-order valence-corrected chi connectivity index (χ0v) is 6.70. The van der Waals surface area contributed by atoms with Gasteiger partial charge in [0.1, 0.15) is 0 Å². The maximum absolute atomic E-state index is 11.2. The van der Waals surface area contributed by atoms with Gasteiger partial charge in [0.25, 0.3) is 0 Å². The van der Waals surface area contributed by atoms with Crippen LogP contribution in [0.1, 0.15) is 6.42 Å². The quantitative estimate of drug-likeness (QED) is 0.406. The van der Waals surface area contributed by atoms with E-state index in [2.05, 4.69) is 16.0 Å². The lowest BCUT2D eigenvalue weighted by atomic mass is 10.0. The van der Waals surface area contributed by atoms with Crippen LogP contribution in [0, 0.1) is 5.92 Å². The molecule has 0 aliphatic carbocycles. The van der Waals surface area contributed by atoms with Crippen LogP contribution in [0.5, 0.6) is 0 Å². The van der Waals surface area contributed by atoms with E-state index in [4.69, 9.17) is 12.2 Å². The van der Waals surface area contributed by atoms with Crippen molar-refractivity contribution in [3.05, 3.63) is 0 Å². The Kier molecular flexibility index (Phi) is 1.54. The second-order valence-corrected chi connectivity index (χ2v) is 3.20. The van der Waals surface area contributed by atoms with Gasteiger partial charge in [-0.3, -0.25) is 10.1 Å². The van der Waals surface area contributed by atoms with Crippen LogP contribution in [-0.4, -0.2) is 23.7 Å². The lowest BCUT2D eigenvalue weighted by molar-refractivity contribution is -0.124. The third kappa shape index (κ3) is 1.10. The van der Waals surface area contributed by atoms with Gasteiger partial charge in [0.15, 0.2) is 5.11 Å². The van der Waals surface area contributed by atoms with Crippen LogP contribution in [0.2, 0.25) is 0 Å². The summed E-state index contributed by atoms with van der Waals surface area (Å²) in [6.45, 7) is 0.887. The first-order chi connectivity index (χ1) is 5.27. The highest BCUT2D eigenvalue weighted by Crippen LogP contribution is 2.15. The summed E-state index contributed by atoms with van der Waals surface area (Å²) in [6.07, 6.45) is 0.961. The van der Waals surface area contributed by atoms with Crippen molar-refractivity contribution in [3.8, 4) is 0 Å². The highest BCUT2D eigenvalue weighted by molar-refractivity contribution is 7.80. The Morgan fingerprint density at radius 3 is 3.18 bits per heavy atom. The largest absolute Gasteiger partial charge is 0.346 e. The number of carbonyl (C=O) groups is 1. The van der Waals surface area contributed by atoms with Crippen LogP contribution in [0.4, 0.5) is 0 Å². The predicted molar refractivity (Wildman–Crippen MR) is 43.8 cm³/mol. The molecule has 0 spiro atoms. The van der Waals surface area contributed by atoms with Gasteiger partial charge in [0.2, 0.25) is 5.91 Å². The third-order valence-corrected chi connectivity index (χ3v) is 2.30. The fourth-order valence-corrected chi connectivity index (χ4v) is 1.75. The van der Waals surface area contributed by atoms with Gasteiger partial charge in [-0.15, -0.1) is 0 Å². The van der Waals surface area contributed by atoms with Gasteiger partial charge in [-0.25, -0.2) is 0 Å². The first-order valence-electron chi connectivity index (χ1n) is 3.62. The van der Waals surface area contributed by atoms with Gasteiger partial charge < -0.3 is 10.6 Å². The minimum absolute atomic E-state index is 0.0451. The van der Waals surface area contributed by atoms with E-state index in [-0.39, 0.29) is 18.0 Å². The minimum atomic E-state index is 0.0451. The van der Waals surface area contributed by atoms with Crippen LogP contribution in [-0.2, 0) is 4.79 Å². The van der Waals surface area contributed by atoms with E-state index in [1.54, 1.807) is 0 Å². The molecule has 2 aliphatic rings. The van der Waals surface area contributed by atoms with Crippen molar-refractivity contribution in [1.82, 2.24) is 16.0 Å². The Morgan fingerprint density at radius 2 is 2.36 bits per heavy atom. The van der Waals surface area contributed by atoms with Crippen LogP contribution < -0.4 is 16.0 Å². The van der Waals surface area contributed by atoms with Crippen LogP contribution in [0.25, 0.3) is 0 Å². The summed E-state index contributed by atoms with van der Waals surface area (Å²) in [5.74, 6) is 0.102. The van der Waals surface area contributed by atoms with Gasteiger partial charge in [-0.1, -0.05) is 0 Å². The van der Waals surface area contributed by atoms with E-state index in [1.165, 1.54) is 0 Å². The van der Waals surface area contributed by atoms with Crippen LogP contribution >= 0.6 is 12.2 Å². The van der Waals surface area contributed by atoms with Crippen molar-refractivity contribution in [2.75, 3.05) is 6.54 Å². The fraction of sp³-hybridized carbons (Fsp3) is 0.667. The number of hydrogen-bond acceptors (Lipinski definition) is 3. The van der Waals surface area contributed by atoms with Crippen molar-refractivity contribution in [2.45, 2.75) is 12.6 Å². The Morgan fingerprint density at radius 1 is 1.55 bits per heavy atom. The Balaban J connectivity index is 2.16. The smallest absolute Gasteiger partial charge is 0.232 e.